The Morgan fingerprint density at radius 3 is 2.83 bits per heavy atom. The third-order valence-electron chi connectivity index (χ3n) is 3.18. The number of carbonyl (C=O) groups is 1. The minimum absolute atomic E-state index is 0.122. The number of anilines is 1. The highest BCUT2D eigenvalue weighted by molar-refractivity contribution is 9.10. The standard InChI is InChI=1S/C17H16BrN3O3/c1-3-11-5-4-6-15(20-17(23)21(2)19)13(11)10-24-16-8-7-12(22)9-14(16)18/h1,4-9,22H,10,19H2,2H3,(H,20,23). The first kappa shape index (κ1) is 17.7. The topological polar surface area (TPSA) is 87.8 Å². The number of halogens is 1. The van der Waals surface area contributed by atoms with Gasteiger partial charge in [0.1, 0.15) is 18.1 Å². The van der Waals surface area contributed by atoms with Gasteiger partial charge in [-0.25, -0.2) is 10.6 Å². The Balaban J connectivity index is 2.27. The fraction of sp³-hybridized carbons (Fsp3) is 0.118. The van der Waals surface area contributed by atoms with Crippen molar-refractivity contribution >= 4 is 27.6 Å². The minimum Gasteiger partial charge on any atom is -0.508 e. The van der Waals surface area contributed by atoms with Crippen molar-refractivity contribution in [2.45, 2.75) is 6.61 Å². The second-order valence-electron chi connectivity index (χ2n) is 4.92. The molecule has 0 unspecified atom stereocenters. The fourth-order valence-electron chi connectivity index (χ4n) is 1.95. The van der Waals surface area contributed by atoms with Gasteiger partial charge in [-0.1, -0.05) is 12.0 Å². The summed E-state index contributed by atoms with van der Waals surface area (Å²) < 4.78 is 6.36. The summed E-state index contributed by atoms with van der Waals surface area (Å²) in [4.78, 5) is 11.8. The molecule has 2 rings (SSSR count). The summed E-state index contributed by atoms with van der Waals surface area (Å²) in [6.07, 6.45) is 5.53. The third-order valence-corrected chi connectivity index (χ3v) is 3.80. The van der Waals surface area contributed by atoms with Crippen molar-refractivity contribution in [3.05, 3.63) is 52.0 Å². The first-order valence-corrected chi connectivity index (χ1v) is 7.71. The average Bonchev–Trinajstić information content (AvgIpc) is 2.54. The van der Waals surface area contributed by atoms with Crippen molar-refractivity contribution in [3.63, 3.8) is 0 Å². The van der Waals surface area contributed by atoms with E-state index in [1.807, 2.05) is 0 Å². The van der Waals surface area contributed by atoms with E-state index in [1.165, 1.54) is 19.2 Å². The molecule has 2 aromatic carbocycles. The number of aromatic hydroxyl groups is 1. The summed E-state index contributed by atoms with van der Waals surface area (Å²) >= 11 is 3.32. The highest BCUT2D eigenvalue weighted by Crippen LogP contribution is 2.30. The number of nitrogens with two attached hydrogens (primary N) is 1. The number of urea groups is 1. The van der Waals surface area contributed by atoms with Crippen molar-refractivity contribution in [1.29, 1.82) is 0 Å². The fourth-order valence-corrected chi connectivity index (χ4v) is 2.44. The van der Waals surface area contributed by atoms with Gasteiger partial charge in [-0.3, -0.25) is 5.01 Å². The number of rotatable bonds is 4. The van der Waals surface area contributed by atoms with Gasteiger partial charge < -0.3 is 15.2 Å². The van der Waals surface area contributed by atoms with Crippen molar-refractivity contribution in [1.82, 2.24) is 5.01 Å². The number of terminal acetylenes is 1. The SMILES string of the molecule is C#Cc1cccc(NC(=O)N(C)N)c1COc1ccc(O)cc1Br. The Labute approximate surface area is 148 Å². The lowest BCUT2D eigenvalue weighted by molar-refractivity contribution is 0.223. The van der Waals surface area contributed by atoms with Crippen molar-refractivity contribution in [2.75, 3.05) is 12.4 Å². The maximum absolute atomic E-state index is 11.8. The van der Waals surface area contributed by atoms with Crippen LogP contribution >= 0.6 is 15.9 Å². The Hall–Kier alpha value is -2.69. The van der Waals surface area contributed by atoms with Crippen LogP contribution in [0.1, 0.15) is 11.1 Å². The number of phenolic OH excluding ortho intramolecular Hbond substituents is 1. The van der Waals surface area contributed by atoms with E-state index < -0.39 is 6.03 Å². The van der Waals surface area contributed by atoms with Crippen LogP contribution in [-0.4, -0.2) is 23.2 Å². The summed E-state index contributed by atoms with van der Waals surface area (Å²) in [5.74, 6) is 8.65. The van der Waals surface area contributed by atoms with Crippen molar-refractivity contribution in [3.8, 4) is 23.8 Å². The summed E-state index contributed by atoms with van der Waals surface area (Å²) in [5, 5.41) is 13.0. The summed E-state index contributed by atoms with van der Waals surface area (Å²) in [5.41, 5.74) is 1.76. The van der Waals surface area contributed by atoms with Crippen LogP contribution in [0.4, 0.5) is 10.5 Å². The Kier molecular flexibility index (Phi) is 5.68. The summed E-state index contributed by atoms with van der Waals surface area (Å²) in [6, 6.07) is 9.40. The molecule has 0 saturated carbocycles. The Bertz CT molecular complexity index is 800. The maximum Gasteiger partial charge on any atom is 0.335 e. The van der Waals surface area contributed by atoms with Gasteiger partial charge in [-0.05, 0) is 46.3 Å². The largest absolute Gasteiger partial charge is 0.508 e. The molecule has 4 N–H and O–H groups in total. The predicted molar refractivity (Wildman–Crippen MR) is 95.5 cm³/mol. The first-order chi connectivity index (χ1) is 11.4. The number of hydrazine groups is 1. The van der Waals surface area contributed by atoms with Crippen LogP contribution in [-0.2, 0) is 6.61 Å². The molecule has 6 nitrogen and oxygen atoms in total. The van der Waals surface area contributed by atoms with Gasteiger partial charge in [0.05, 0.1) is 10.2 Å². The van der Waals surface area contributed by atoms with Crippen molar-refractivity contribution < 1.29 is 14.6 Å². The molecule has 0 fully saturated rings. The molecule has 2 amide bonds. The van der Waals surface area contributed by atoms with Crippen LogP contribution < -0.4 is 15.9 Å². The number of ether oxygens (including phenoxy) is 1. The van der Waals surface area contributed by atoms with Gasteiger partial charge in [0.25, 0.3) is 0 Å². The van der Waals surface area contributed by atoms with E-state index in [1.54, 1.807) is 24.3 Å². The van der Waals surface area contributed by atoms with Gasteiger partial charge in [0.15, 0.2) is 0 Å². The van der Waals surface area contributed by atoms with E-state index >= 15 is 0 Å². The lowest BCUT2D eigenvalue weighted by atomic mass is 10.1. The van der Waals surface area contributed by atoms with E-state index in [9.17, 15) is 9.90 Å². The number of benzene rings is 2. The molecule has 0 heterocycles. The molecule has 0 aromatic heterocycles. The maximum atomic E-state index is 11.8. The van der Waals surface area contributed by atoms with E-state index in [2.05, 4.69) is 27.2 Å². The number of nitrogens with zero attached hydrogens (tertiary/aromatic N) is 1. The van der Waals surface area contributed by atoms with E-state index in [-0.39, 0.29) is 12.4 Å². The van der Waals surface area contributed by atoms with Crippen LogP contribution in [0.3, 0.4) is 0 Å². The third kappa shape index (κ3) is 4.19. The second-order valence-corrected chi connectivity index (χ2v) is 5.77. The Morgan fingerprint density at radius 2 is 2.21 bits per heavy atom. The molecule has 24 heavy (non-hydrogen) atoms. The molecule has 0 saturated heterocycles. The lowest BCUT2D eigenvalue weighted by Crippen LogP contribution is -2.37. The number of carbonyl (C=O) groups excluding carboxylic acids is 1. The molecule has 0 bridgehead atoms. The normalized spacial score (nSPS) is 9.92. The average molecular weight is 390 g/mol. The number of hydrogen-bond donors (Lipinski definition) is 3. The molecule has 7 heteroatoms. The van der Waals surface area contributed by atoms with Crippen LogP contribution in [0.25, 0.3) is 0 Å². The van der Waals surface area contributed by atoms with Crippen molar-refractivity contribution in [2.24, 2.45) is 5.84 Å². The lowest BCUT2D eigenvalue weighted by Gasteiger charge is -2.17. The number of hydrogen-bond acceptors (Lipinski definition) is 4. The smallest absolute Gasteiger partial charge is 0.335 e. The molecule has 0 aliphatic carbocycles. The number of amides is 2. The summed E-state index contributed by atoms with van der Waals surface area (Å²) in [6.45, 7) is 0.133. The molecule has 0 atom stereocenters. The number of nitrogens with one attached hydrogen (secondary N) is 1. The van der Waals surface area contributed by atoms with Gasteiger partial charge in [0, 0.05) is 18.2 Å². The zero-order chi connectivity index (χ0) is 17.7. The predicted octanol–water partition coefficient (Wildman–Crippen LogP) is 3.05. The first-order valence-electron chi connectivity index (χ1n) is 6.91. The second kappa shape index (κ2) is 7.73. The molecule has 124 valence electrons. The van der Waals surface area contributed by atoms with Gasteiger partial charge in [-0.15, -0.1) is 6.42 Å². The highest BCUT2D eigenvalue weighted by atomic mass is 79.9. The molecule has 0 aliphatic rings. The molecular formula is C17H16BrN3O3. The van der Waals surface area contributed by atoms with E-state index in [4.69, 9.17) is 17.0 Å². The highest BCUT2D eigenvalue weighted by Gasteiger charge is 2.13. The quantitative estimate of drug-likeness (QED) is 0.324. The molecule has 0 spiro atoms. The minimum atomic E-state index is -0.476. The van der Waals surface area contributed by atoms with Crippen LogP contribution in [0.2, 0.25) is 0 Å². The zero-order valence-corrected chi connectivity index (χ0v) is 14.5. The van der Waals surface area contributed by atoms with Gasteiger partial charge in [-0.2, -0.15) is 0 Å². The van der Waals surface area contributed by atoms with E-state index in [0.717, 1.165) is 5.01 Å². The van der Waals surface area contributed by atoms with E-state index in [0.29, 0.717) is 27.0 Å². The molecule has 2 aromatic rings. The zero-order valence-electron chi connectivity index (χ0n) is 12.9. The molecular weight excluding hydrogens is 374 g/mol. The Morgan fingerprint density at radius 1 is 1.46 bits per heavy atom. The number of phenols is 1. The van der Waals surface area contributed by atoms with Crippen LogP contribution in [0.15, 0.2) is 40.9 Å². The monoisotopic (exact) mass is 389 g/mol. The summed E-state index contributed by atoms with van der Waals surface area (Å²) in [7, 11) is 1.43. The van der Waals surface area contributed by atoms with Crippen LogP contribution in [0, 0.1) is 12.3 Å². The molecule has 0 aliphatic heterocycles. The molecule has 0 radical (unpaired) electrons. The van der Waals surface area contributed by atoms with Gasteiger partial charge >= 0.3 is 6.03 Å². The van der Waals surface area contributed by atoms with Crippen LogP contribution in [0.5, 0.6) is 11.5 Å². The van der Waals surface area contributed by atoms with Gasteiger partial charge in [0.2, 0.25) is 0 Å².